The van der Waals surface area contributed by atoms with Crippen LogP contribution >= 0.6 is 0 Å². The third kappa shape index (κ3) is 2.27. The summed E-state index contributed by atoms with van der Waals surface area (Å²) in [6, 6.07) is 11.2. The number of aromatic hydroxyl groups is 1. The zero-order valence-corrected chi connectivity index (χ0v) is 9.88. The first-order valence-electron chi connectivity index (χ1n) is 5.39. The highest BCUT2D eigenvalue weighted by Crippen LogP contribution is 2.27. The van der Waals surface area contributed by atoms with Crippen molar-refractivity contribution in [2.75, 3.05) is 12.8 Å². The highest BCUT2D eigenvalue weighted by Gasteiger charge is 2.12. The number of ketones is 1. The van der Waals surface area contributed by atoms with Gasteiger partial charge < -0.3 is 15.6 Å². The lowest BCUT2D eigenvalue weighted by molar-refractivity contribution is 0.103. The molecule has 2 aromatic rings. The summed E-state index contributed by atoms with van der Waals surface area (Å²) in [7, 11) is 1.43. The Hall–Kier alpha value is -2.49. The average Bonchev–Trinajstić information content (AvgIpc) is 2.38. The van der Waals surface area contributed by atoms with Gasteiger partial charge in [-0.25, -0.2) is 0 Å². The Kier molecular flexibility index (Phi) is 3.19. The Bertz CT molecular complexity index is 593. The highest BCUT2D eigenvalue weighted by molar-refractivity contribution is 6.09. The van der Waals surface area contributed by atoms with Crippen LogP contribution in [0.15, 0.2) is 42.5 Å². The van der Waals surface area contributed by atoms with Crippen LogP contribution in [0.3, 0.4) is 0 Å². The van der Waals surface area contributed by atoms with E-state index in [1.54, 1.807) is 30.3 Å². The van der Waals surface area contributed by atoms with Crippen molar-refractivity contribution >= 4 is 11.5 Å². The van der Waals surface area contributed by atoms with Crippen LogP contribution in [0, 0.1) is 0 Å². The minimum Gasteiger partial charge on any atom is -0.504 e. The Morgan fingerprint density at radius 2 is 1.89 bits per heavy atom. The Morgan fingerprint density at radius 3 is 2.56 bits per heavy atom. The largest absolute Gasteiger partial charge is 0.504 e. The minimum absolute atomic E-state index is 0.00151. The first-order valence-corrected chi connectivity index (χ1v) is 5.39. The molecule has 0 saturated carbocycles. The van der Waals surface area contributed by atoms with Gasteiger partial charge >= 0.3 is 0 Å². The van der Waals surface area contributed by atoms with Gasteiger partial charge in [0.15, 0.2) is 17.3 Å². The summed E-state index contributed by atoms with van der Waals surface area (Å²) < 4.78 is 4.97. The molecule has 2 rings (SSSR count). The molecule has 2 aromatic carbocycles. The zero-order valence-electron chi connectivity index (χ0n) is 9.88. The van der Waals surface area contributed by atoms with Gasteiger partial charge in [0.2, 0.25) is 0 Å². The number of anilines is 1. The van der Waals surface area contributed by atoms with E-state index in [4.69, 9.17) is 10.5 Å². The third-order valence-corrected chi connectivity index (χ3v) is 2.59. The zero-order chi connectivity index (χ0) is 13.1. The number of benzene rings is 2. The minimum atomic E-state index is -0.166. The maximum atomic E-state index is 12.2. The van der Waals surface area contributed by atoms with Crippen LogP contribution in [0.5, 0.6) is 11.5 Å². The molecule has 4 nitrogen and oxygen atoms in total. The fraction of sp³-hybridized carbons (Fsp3) is 0.0714. The molecule has 0 aliphatic rings. The number of rotatable bonds is 3. The van der Waals surface area contributed by atoms with Crippen molar-refractivity contribution in [2.24, 2.45) is 0 Å². The number of nitrogens with two attached hydrogens (primary N) is 1. The van der Waals surface area contributed by atoms with Crippen molar-refractivity contribution in [3.63, 3.8) is 0 Å². The molecule has 0 saturated heterocycles. The molecular weight excluding hydrogens is 230 g/mol. The van der Waals surface area contributed by atoms with Crippen molar-refractivity contribution in [1.29, 1.82) is 0 Å². The lowest BCUT2D eigenvalue weighted by Gasteiger charge is -2.06. The number of hydrogen-bond acceptors (Lipinski definition) is 4. The molecule has 0 atom stereocenters. The predicted molar refractivity (Wildman–Crippen MR) is 68.9 cm³/mol. The number of carbonyl (C=O) groups is 1. The molecule has 0 aliphatic carbocycles. The van der Waals surface area contributed by atoms with Gasteiger partial charge in [-0.15, -0.1) is 0 Å². The molecule has 0 fully saturated rings. The Balaban J connectivity index is 2.40. The fourth-order valence-electron chi connectivity index (χ4n) is 1.67. The number of phenols is 1. The van der Waals surface area contributed by atoms with Gasteiger partial charge in [-0.05, 0) is 30.3 Å². The molecule has 3 N–H and O–H groups in total. The summed E-state index contributed by atoms with van der Waals surface area (Å²) in [4.78, 5) is 12.2. The van der Waals surface area contributed by atoms with E-state index in [-0.39, 0.29) is 17.3 Å². The van der Waals surface area contributed by atoms with E-state index in [9.17, 15) is 9.90 Å². The first-order chi connectivity index (χ1) is 8.61. The van der Waals surface area contributed by atoms with Crippen LogP contribution in [-0.2, 0) is 0 Å². The third-order valence-electron chi connectivity index (χ3n) is 2.59. The van der Waals surface area contributed by atoms with Gasteiger partial charge in [0.05, 0.1) is 7.11 Å². The maximum absolute atomic E-state index is 12.2. The highest BCUT2D eigenvalue weighted by atomic mass is 16.5. The van der Waals surface area contributed by atoms with Crippen molar-refractivity contribution in [3.8, 4) is 11.5 Å². The second-order valence-corrected chi connectivity index (χ2v) is 3.84. The smallest absolute Gasteiger partial charge is 0.193 e. The van der Waals surface area contributed by atoms with Gasteiger partial charge in [0.1, 0.15) is 0 Å². The van der Waals surface area contributed by atoms with E-state index in [2.05, 4.69) is 0 Å². The maximum Gasteiger partial charge on any atom is 0.193 e. The monoisotopic (exact) mass is 243 g/mol. The van der Waals surface area contributed by atoms with E-state index in [1.165, 1.54) is 19.2 Å². The average molecular weight is 243 g/mol. The van der Waals surface area contributed by atoms with Crippen LogP contribution in [-0.4, -0.2) is 18.0 Å². The molecular formula is C14H13NO3. The molecule has 0 unspecified atom stereocenters. The molecule has 4 heteroatoms. The van der Waals surface area contributed by atoms with Crippen LogP contribution < -0.4 is 10.5 Å². The number of ether oxygens (including phenoxy) is 1. The summed E-state index contributed by atoms with van der Waals surface area (Å²) in [6.45, 7) is 0. The molecule has 0 bridgehead atoms. The standard InChI is InChI=1S/C14H13NO3/c1-18-13-8-10(5-6-12(13)16)14(17)9-3-2-4-11(15)7-9/h2-8,16H,15H2,1H3. The van der Waals surface area contributed by atoms with E-state index >= 15 is 0 Å². The normalized spacial score (nSPS) is 10.1. The number of phenolic OH excluding ortho intramolecular Hbond substituents is 1. The number of hydrogen-bond donors (Lipinski definition) is 2. The molecule has 0 radical (unpaired) electrons. The van der Waals surface area contributed by atoms with Crippen molar-refractivity contribution in [3.05, 3.63) is 53.6 Å². The van der Waals surface area contributed by atoms with E-state index in [0.717, 1.165) is 0 Å². The summed E-state index contributed by atoms with van der Waals surface area (Å²) in [5, 5.41) is 9.48. The van der Waals surface area contributed by atoms with E-state index < -0.39 is 0 Å². The van der Waals surface area contributed by atoms with Crippen molar-refractivity contribution in [1.82, 2.24) is 0 Å². The summed E-state index contributed by atoms with van der Waals surface area (Å²) in [6.07, 6.45) is 0. The molecule has 0 aliphatic heterocycles. The van der Waals surface area contributed by atoms with Crippen LogP contribution in [0.4, 0.5) is 5.69 Å². The van der Waals surface area contributed by atoms with Crippen LogP contribution in [0.25, 0.3) is 0 Å². The quantitative estimate of drug-likeness (QED) is 0.640. The SMILES string of the molecule is COc1cc(C(=O)c2cccc(N)c2)ccc1O. The number of carbonyl (C=O) groups excluding carboxylic acids is 1. The summed E-state index contributed by atoms with van der Waals surface area (Å²) in [5.41, 5.74) is 7.11. The second kappa shape index (κ2) is 4.79. The molecule has 0 heterocycles. The Morgan fingerprint density at radius 1 is 1.17 bits per heavy atom. The first kappa shape index (κ1) is 12.0. The number of methoxy groups -OCH3 is 1. The molecule has 92 valence electrons. The summed E-state index contributed by atoms with van der Waals surface area (Å²) in [5.74, 6) is 0.104. The molecule has 18 heavy (non-hydrogen) atoms. The van der Waals surface area contributed by atoms with Crippen LogP contribution in [0.1, 0.15) is 15.9 Å². The van der Waals surface area contributed by atoms with Crippen molar-refractivity contribution in [2.45, 2.75) is 0 Å². The van der Waals surface area contributed by atoms with Gasteiger partial charge in [0, 0.05) is 16.8 Å². The second-order valence-electron chi connectivity index (χ2n) is 3.84. The lowest BCUT2D eigenvalue weighted by atomic mass is 10.0. The molecule has 0 aromatic heterocycles. The molecule has 0 amide bonds. The lowest BCUT2D eigenvalue weighted by Crippen LogP contribution is -2.02. The van der Waals surface area contributed by atoms with Gasteiger partial charge in [0.25, 0.3) is 0 Å². The summed E-state index contributed by atoms with van der Waals surface area (Å²) >= 11 is 0. The van der Waals surface area contributed by atoms with Crippen LogP contribution in [0.2, 0.25) is 0 Å². The topological polar surface area (TPSA) is 72.5 Å². The number of nitrogen functional groups attached to an aromatic ring is 1. The van der Waals surface area contributed by atoms with Gasteiger partial charge in [-0.3, -0.25) is 4.79 Å². The molecule has 0 spiro atoms. The Labute approximate surface area is 105 Å². The van der Waals surface area contributed by atoms with Gasteiger partial charge in [-0.2, -0.15) is 0 Å². The van der Waals surface area contributed by atoms with E-state index in [1.807, 2.05) is 0 Å². The van der Waals surface area contributed by atoms with Crippen molar-refractivity contribution < 1.29 is 14.6 Å². The predicted octanol–water partition coefficient (Wildman–Crippen LogP) is 2.21. The van der Waals surface area contributed by atoms with Gasteiger partial charge in [-0.1, -0.05) is 12.1 Å². The van der Waals surface area contributed by atoms with E-state index in [0.29, 0.717) is 16.8 Å². The fourth-order valence-corrected chi connectivity index (χ4v) is 1.67.